The van der Waals surface area contributed by atoms with Crippen molar-refractivity contribution in [1.29, 1.82) is 0 Å². The molecule has 16 heavy (non-hydrogen) atoms. The average molecular weight is 227 g/mol. The van der Waals surface area contributed by atoms with Gasteiger partial charge in [-0.25, -0.2) is 0 Å². The third kappa shape index (κ3) is 3.48. The normalized spacial score (nSPS) is 25.4. The van der Waals surface area contributed by atoms with Gasteiger partial charge in [-0.3, -0.25) is 4.79 Å². The Balaban J connectivity index is 2.40. The van der Waals surface area contributed by atoms with Crippen molar-refractivity contribution in [2.75, 3.05) is 6.61 Å². The molecule has 2 atom stereocenters. The maximum Gasteiger partial charge on any atom is 0.223 e. The fourth-order valence-corrected chi connectivity index (χ4v) is 2.63. The van der Waals surface area contributed by atoms with Gasteiger partial charge in [0.15, 0.2) is 0 Å². The van der Waals surface area contributed by atoms with E-state index in [9.17, 15) is 4.79 Å². The molecule has 94 valence electrons. The van der Waals surface area contributed by atoms with Crippen molar-refractivity contribution in [3.63, 3.8) is 0 Å². The molecular formula is C13H25NO2. The summed E-state index contributed by atoms with van der Waals surface area (Å²) in [6, 6.07) is 0.177. The van der Waals surface area contributed by atoms with Crippen molar-refractivity contribution in [2.24, 2.45) is 11.3 Å². The molecule has 1 fully saturated rings. The predicted octanol–water partition coefficient (Wildman–Crippen LogP) is 2.09. The molecular weight excluding hydrogens is 202 g/mol. The molecule has 2 N–H and O–H groups in total. The molecule has 1 aliphatic rings. The number of rotatable bonds is 5. The standard InChI is InChI=1S/C13H25NO2/c1-10(6-5-9-15)14-12(16)11-7-4-8-13(11,2)3/h10-11,15H,4-9H2,1-3H3,(H,14,16). The van der Waals surface area contributed by atoms with Crippen molar-refractivity contribution in [3.8, 4) is 0 Å². The number of amides is 1. The van der Waals surface area contributed by atoms with Gasteiger partial charge in [0.2, 0.25) is 5.91 Å². The van der Waals surface area contributed by atoms with E-state index in [1.165, 1.54) is 0 Å². The van der Waals surface area contributed by atoms with Crippen molar-refractivity contribution < 1.29 is 9.90 Å². The Hall–Kier alpha value is -0.570. The zero-order valence-electron chi connectivity index (χ0n) is 10.8. The summed E-state index contributed by atoms with van der Waals surface area (Å²) in [7, 11) is 0. The SMILES string of the molecule is CC(CCCO)NC(=O)C1CCCC1(C)C. The maximum atomic E-state index is 12.1. The zero-order valence-corrected chi connectivity index (χ0v) is 10.8. The van der Waals surface area contributed by atoms with Crippen molar-refractivity contribution in [2.45, 2.75) is 58.9 Å². The fourth-order valence-electron chi connectivity index (χ4n) is 2.63. The molecule has 1 rings (SSSR count). The summed E-state index contributed by atoms with van der Waals surface area (Å²) < 4.78 is 0. The van der Waals surface area contributed by atoms with Crippen molar-refractivity contribution in [1.82, 2.24) is 5.32 Å². The second kappa shape index (κ2) is 5.67. The molecule has 1 saturated carbocycles. The van der Waals surface area contributed by atoms with E-state index in [0.29, 0.717) is 0 Å². The van der Waals surface area contributed by atoms with Gasteiger partial charge in [-0.1, -0.05) is 20.3 Å². The second-order valence-corrected chi connectivity index (χ2v) is 5.71. The number of carbonyl (C=O) groups excluding carboxylic acids is 1. The number of aliphatic hydroxyl groups is 1. The minimum atomic E-state index is 0.154. The summed E-state index contributed by atoms with van der Waals surface area (Å²) in [4.78, 5) is 12.1. The largest absolute Gasteiger partial charge is 0.396 e. The van der Waals surface area contributed by atoms with Crippen LogP contribution in [0.4, 0.5) is 0 Å². The Labute approximate surface area is 98.6 Å². The monoisotopic (exact) mass is 227 g/mol. The summed E-state index contributed by atoms with van der Waals surface area (Å²) in [5.74, 6) is 0.372. The van der Waals surface area contributed by atoms with Crippen LogP contribution in [0.1, 0.15) is 52.9 Å². The lowest BCUT2D eigenvalue weighted by atomic mass is 9.81. The summed E-state index contributed by atoms with van der Waals surface area (Å²) in [6.45, 7) is 6.58. The van der Waals surface area contributed by atoms with Crippen LogP contribution in [-0.4, -0.2) is 23.7 Å². The molecule has 0 radical (unpaired) electrons. The van der Waals surface area contributed by atoms with Crippen LogP contribution in [0, 0.1) is 11.3 Å². The molecule has 0 aromatic carbocycles. The highest BCUT2D eigenvalue weighted by Gasteiger charge is 2.39. The van der Waals surface area contributed by atoms with E-state index in [1.807, 2.05) is 6.92 Å². The van der Waals surface area contributed by atoms with E-state index >= 15 is 0 Å². The van der Waals surface area contributed by atoms with E-state index in [4.69, 9.17) is 5.11 Å². The highest BCUT2D eigenvalue weighted by atomic mass is 16.2. The van der Waals surface area contributed by atoms with Gasteiger partial charge in [0.05, 0.1) is 0 Å². The smallest absolute Gasteiger partial charge is 0.223 e. The van der Waals surface area contributed by atoms with E-state index in [1.54, 1.807) is 0 Å². The van der Waals surface area contributed by atoms with Crippen molar-refractivity contribution >= 4 is 5.91 Å². The third-order valence-corrected chi connectivity index (χ3v) is 3.76. The molecule has 3 heteroatoms. The Morgan fingerprint density at radius 3 is 2.75 bits per heavy atom. The highest BCUT2D eigenvalue weighted by molar-refractivity contribution is 5.80. The summed E-state index contributed by atoms with van der Waals surface area (Å²) in [5.41, 5.74) is 0.154. The fraction of sp³-hybridized carbons (Fsp3) is 0.923. The lowest BCUT2D eigenvalue weighted by Gasteiger charge is -2.27. The first kappa shape index (κ1) is 13.5. The van der Waals surface area contributed by atoms with Crippen LogP contribution >= 0.6 is 0 Å². The number of aliphatic hydroxyl groups excluding tert-OH is 1. The van der Waals surface area contributed by atoms with E-state index < -0.39 is 0 Å². The summed E-state index contributed by atoms with van der Waals surface area (Å²) >= 11 is 0. The van der Waals surface area contributed by atoms with Crippen LogP contribution in [0.15, 0.2) is 0 Å². The van der Waals surface area contributed by atoms with E-state index in [-0.39, 0.29) is 29.9 Å². The van der Waals surface area contributed by atoms with Crippen LogP contribution in [-0.2, 0) is 4.79 Å². The van der Waals surface area contributed by atoms with Crippen LogP contribution in [0.25, 0.3) is 0 Å². The van der Waals surface area contributed by atoms with Gasteiger partial charge in [0, 0.05) is 18.6 Å². The van der Waals surface area contributed by atoms with Gasteiger partial charge in [0.1, 0.15) is 0 Å². The summed E-state index contributed by atoms with van der Waals surface area (Å²) in [5, 5.41) is 11.8. The van der Waals surface area contributed by atoms with Crippen molar-refractivity contribution in [3.05, 3.63) is 0 Å². The number of hydrogen-bond acceptors (Lipinski definition) is 2. The Bertz CT molecular complexity index is 238. The molecule has 0 aromatic heterocycles. The van der Waals surface area contributed by atoms with Crippen LogP contribution in [0.3, 0.4) is 0 Å². The third-order valence-electron chi connectivity index (χ3n) is 3.76. The quantitative estimate of drug-likeness (QED) is 0.755. The average Bonchev–Trinajstić information content (AvgIpc) is 2.55. The van der Waals surface area contributed by atoms with Crippen LogP contribution in [0.2, 0.25) is 0 Å². The van der Waals surface area contributed by atoms with Crippen LogP contribution in [0.5, 0.6) is 0 Å². The molecule has 2 unspecified atom stereocenters. The molecule has 0 aliphatic heterocycles. The molecule has 1 aliphatic carbocycles. The predicted molar refractivity (Wildman–Crippen MR) is 65.0 cm³/mol. The van der Waals surface area contributed by atoms with Gasteiger partial charge in [-0.2, -0.15) is 0 Å². The topological polar surface area (TPSA) is 49.3 Å². The molecule has 0 bridgehead atoms. The Kier molecular flexibility index (Phi) is 4.78. The molecule has 0 heterocycles. The molecule has 1 amide bonds. The number of carbonyl (C=O) groups is 1. The number of hydrogen-bond donors (Lipinski definition) is 2. The second-order valence-electron chi connectivity index (χ2n) is 5.71. The lowest BCUT2D eigenvalue weighted by Crippen LogP contribution is -2.40. The van der Waals surface area contributed by atoms with Gasteiger partial charge in [-0.15, -0.1) is 0 Å². The zero-order chi connectivity index (χ0) is 12.2. The van der Waals surface area contributed by atoms with E-state index in [0.717, 1.165) is 32.1 Å². The Morgan fingerprint density at radius 2 is 2.25 bits per heavy atom. The lowest BCUT2D eigenvalue weighted by molar-refractivity contribution is -0.128. The first-order valence-corrected chi connectivity index (χ1v) is 6.38. The minimum Gasteiger partial charge on any atom is -0.396 e. The Morgan fingerprint density at radius 1 is 1.56 bits per heavy atom. The molecule has 3 nitrogen and oxygen atoms in total. The highest BCUT2D eigenvalue weighted by Crippen LogP contribution is 2.42. The molecule has 0 aromatic rings. The van der Waals surface area contributed by atoms with Gasteiger partial charge in [-0.05, 0) is 38.0 Å². The first-order valence-electron chi connectivity index (χ1n) is 6.38. The summed E-state index contributed by atoms with van der Waals surface area (Å²) in [6.07, 6.45) is 4.95. The minimum absolute atomic E-state index is 0.154. The van der Waals surface area contributed by atoms with Gasteiger partial charge >= 0.3 is 0 Å². The van der Waals surface area contributed by atoms with Crippen LogP contribution < -0.4 is 5.32 Å². The number of nitrogens with one attached hydrogen (secondary N) is 1. The van der Waals surface area contributed by atoms with E-state index in [2.05, 4.69) is 19.2 Å². The molecule has 0 spiro atoms. The first-order chi connectivity index (χ1) is 7.47. The maximum absolute atomic E-state index is 12.1. The van der Waals surface area contributed by atoms with Gasteiger partial charge < -0.3 is 10.4 Å². The molecule has 0 saturated heterocycles. The van der Waals surface area contributed by atoms with Gasteiger partial charge in [0.25, 0.3) is 0 Å².